The van der Waals surface area contributed by atoms with Crippen LogP contribution in [0.5, 0.6) is 5.75 Å². The molecule has 0 unspecified atom stereocenters. The van der Waals surface area contributed by atoms with Crippen molar-refractivity contribution in [2.24, 2.45) is 10.2 Å². The third kappa shape index (κ3) is 10.2. The van der Waals surface area contributed by atoms with E-state index in [1.54, 1.807) is 0 Å². The maximum atomic E-state index is 13.0. The van der Waals surface area contributed by atoms with Gasteiger partial charge < -0.3 is 15.7 Å². The van der Waals surface area contributed by atoms with Gasteiger partial charge in [-0.1, -0.05) is 18.2 Å². The van der Waals surface area contributed by atoms with Gasteiger partial charge in [-0.05, 0) is 65.5 Å². The van der Waals surface area contributed by atoms with Crippen molar-refractivity contribution >= 4 is 108 Å². The maximum Gasteiger partial charge on any atom is 0.397 e. The Balaban J connectivity index is 1.65. The minimum Gasteiger partial charge on any atom is -0.505 e. The first kappa shape index (κ1) is 42.1. The number of phenolic OH excluding ortho intramolecular Hbond substituents is 1. The number of rotatable bonds is 14. The Labute approximate surface area is 321 Å². The number of halogens is 1. The lowest BCUT2D eigenvalue weighted by Gasteiger charge is -2.15. The first-order valence-corrected chi connectivity index (χ1v) is 22.2. The van der Waals surface area contributed by atoms with Crippen molar-refractivity contribution in [1.82, 2.24) is 15.0 Å². The fourth-order valence-electron chi connectivity index (χ4n) is 4.71. The highest BCUT2D eigenvalue weighted by Gasteiger charge is 2.27. The Bertz CT molecular complexity index is 3010. The molecule has 0 radical (unpaired) electrons. The van der Waals surface area contributed by atoms with Crippen molar-refractivity contribution in [1.29, 1.82) is 0 Å². The molecule has 0 amide bonds. The molecule has 56 heavy (non-hydrogen) atoms. The van der Waals surface area contributed by atoms with Crippen LogP contribution >= 0.6 is 11.6 Å². The second-order valence-corrected chi connectivity index (χ2v) is 18.6. The van der Waals surface area contributed by atoms with E-state index in [0.29, 0.717) is 12.1 Å². The van der Waals surface area contributed by atoms with Gasteiger partial charge in [-0.2, -0.15) is 48.6 Å². The van der Waals surface area contributed by atoms with Crippen LogP contribution in [-0.2, 0) is 54.8 Å². The Morgan fingerprint density at radius 1 is 0.679 bits per heavy atom. The van der Waals surface area contributed by atoms with Crippen LogP contribution in [-0.4, -0.2) is 92.7 Å². The average molecular weight is 896 g/mol. The third-order valence-electron chi connectivity index (χ3n) is 6.98. The molecular formula is C27H22ClN7O16S5. The molecule has 4 aromatic carbocycles. The van der Waals surface area contributed by atoms with Crippen molar-refractivity contribution in [3.63, 3.8) is 0 Å². The molecule has 1 aromatic heterocycles. The van der Waals surface area contributed by atoms with Crippen LogP contribution in [0.3, 0.4) is 0 Å². The number of sulfone groups is 1. The first-order valence-electron chi connectivity index (χ1n) is 14.5. The SMILES string of the molecule is O=S(=O)(O)OCCS(=O)(=O)c1ccccc1N=Nc1c(S(=O)(=O)O)cc2cc(S(=O)(=O)O)cc(Nc3nc(Cl)nc(Nc4cccc(S(=O)(=O)O)c4)n3)c2c1O. The molecule has 0 aliphatic heterocycles. The largest absolute Gasteiger partial charge is 0.505 e. The summed E-state index contributed by atoms with van der Waals surface area (Å²) in [5.41, 5.74) is -1.99. The molecule has 29 heteroatoms. The van der Waals surface area contributed by atoms with Gasteiger partial charge in [-0.3, -0.25) is 18.2 Å². The monoisotopic (exact) mass is 895 g/mol. The second-order valence-electron chi connectivity index (χ2n) is 10.8. The van der Waals surface area contributed by atoms with Gasteiger partial charge in [0.1, 0.15) is 16.3 Å². The number of hydrogen-bond donors (Lipinski definition) is 7. The van der Waals surface area contributed by atoms with Crippen LogP contribution < -0.4 is 10.6 Å². The van der Waals surface area contributed by atoms with Crippen molar-refractivity contribution in [2.45, 2.75) is 19.6 Å². The topological polar surface area (TPSA) is 369 Å². The van der Waals surface area contributed by atoms with E-state index in [9.17, 15) is 60.9 Å². The molecule has 0 aliphatic carbocycles. The molecule has 1 heterocycles. The zero-order chi connectivity index (χ0) is 41.4. The predicted octanol–water partition coefficient (Wildman–Crippen LogP) is 3.62. The number of anilines is 4. The molecule has 0 aliphatic rings. The van der Waals surface area contributed by atoms with E-state index >= 15 is 0 Å². The molecule has 5 aromatic rings. The van der Waals surface area contributed by atoms with E-state index in [2.05, 4.69) is 40.0 Å². The molecule has 0 bridgehead atoms. The van der Waals surface area contributed by atoms with Gasteiger partial charge in [0.05, 0.1) is 32.7 Å². The van der Waals surface area contributed by atoms with Crippen LogP contribution in [0.15, 0.2) is 96.5 Å². The summed E-state index contributed by atoms with van der Waals surface area (Å²) in [7, 11) is -24.5. The number of benzene rings is 4. The number of azo groups is 1. The van der Waals surface area contributed by atoms with Crippen LogP contribution in [0.1, 0.15) is 0 Å². The maximum absolute atomic E-state index is 13.0. The fraction of sp³-hybridized carbons (Fsp3) is 0.0741. The number of aromatic hydroxyl groups is 1. The van der Waals surface area contributed by atoms with Gasteiger partial charge in [0.15, 0.2) is 15.6 Å². The van der Waals surface area contributed by atoms with Gasteiger partial charge in [-0.15, -0.1) is 10.2 Å². The van der Waals surface area contributed by atoms with Gasteiger partial charge >= 0.3 is 10.4 Å². The number of hydrogen-bond acceptors (Lipinski definition) is 19. The zero-order valence-corrected chi connectivity index (χ0v) is 32.0. The standard InChI is InChI=1S/C27H22ClN7O16S5/c28-25-31-26(29-15-4-3-5-16(12-15)53(39,40)41)33-27(32-25)30-19-13-17(54(42,43)44)10-14-11-21(55(45,46)47)23(24(36)22(14)19)35-34-18-6-1-2-7-20(18)52(37,38)9-8-51-56(48,49)50/h1-7,10-13,36H,8-9H2,(H,39,40,41)(H,42,43,44)(H,45,46,47)(H,48,49,50)(H2,29,30,31,32,33). The number of phenols is 1. The van der Waals surface area contributed by atoms with Gasteiger partial charge in [0, 0.05) is 11.1 Å². The molecule has 23 nitrogen and oxygen atoms in total. The summed E-state index contributed by atoms with van der Waals surface area (Å²) in [6.45, 7) is -1.02. The molecule has 0 fully saturated rings. The highest BCUT2D eigenvalue weighted by atomic mass is 35.5. The summed E-state index contributed by atoms with van der Waals surface area (Å²) >= 11 is 6.06. The Kier molecular flexibility index (Phi) is 11.7. The van der Waals surface area contributed by atoms with E-state index in [1.807, 2.05) is 0 Å². The lowest BCUT2D eigenvalue weighted by Crippen LogP contribution is -2.15. The lowest BCUT2D eigenvalue weighted by molar-refractivity contribution is 0.284. The average Bonchev–Trinajstić information content (AvgIpc) is 3.05. The summed E-state index contributed by atoms with van der Waals surface area (Å²) < 4.78 is 162. The van der Waals surface area contributed by atoms with Crippen molar-refractivity contribution < 1.29 is 69.6 Å². The van der Waals surface area contributed by atoms with Crippen LogP contribution in [0.4, 0.5) is 34.6 Å². The Morgan fingerprint density at radius 2 is 1.32 bits per heavy atom. The highest BCUT2D eigenvalue weighted by molar-refractivity contribution is 7.91. The number of nitrogens with zero attached hydrogens (tertiary/aromatic N) is 5. The van der Waals surface area contributed by atoms with Crippen LogP contribution in [0.2, 0.25) is 5.28 Å². The van der Waals surface area contributed by atoms with E-state index in [4.69, 9.17) is 16.2 Å². The van der Waals surface area contributed by atoms with Crippen LogP contribution in [0.25, 0.3) is 10.8 Å². The van der Waals surface area contributed by atoms with Crippen molar-refractivity contribution in [3.8, 4) is 5.75 Å². The van der Waals surface area contributed by atoms with Crippen molar-refractivity contribution in [3.05, 3.63) is 72.0 Å². The second kappa shape index (κ2) is 15.5. The summed E-state index contributed by atoms with van der Waals surface area (Å²) in [6, 6.07) is 11.4. The summed E-state index contributed by atoms with van der Waals surface area (Å²) in [4.78, 5) is 8.56. The van der Waals surface area contributed by atoms with E-state index in [-0.39, 0.29) is 11.6 Å². The molecule has 7 N–H and O–H groups in total. The highest BCUT2D eigenvalue weighted by Crippen LogP contribution is 2.46. The molecule has 298 valence electrons. The molecule has 0 saturated carbocycles. The number of aromatic nitrogens is 3. The normalized spacial score (nSPS) is 12.9. The van der Waals surface area contributed by atoms with Crippen molar-refractivity contribution in [2.75, 3.05) is 23.0 Å². The summed E-state index contributed by atoms with van der Waals surface area (Å²) in [5, 5.41) is 22.6. The smallest absolute Gasteiger partial charge is 0.397 e. The molecule has 0 atom stereocenters. The number of fused-ring (bicyclic) bond motifs is 1. The quantitative estimate of drug-likeness (QED) is 0.0618. The molecule has 0 saturated heterocycles. The lowest BCUT2D eigenvalue weighted by atomic mass is 10.1. The fourth-order valence-corrected chi connectivity index (χ4v) is 8.23. The van der Waals surface area contributed by atoms with E-state index in [1.165, 1.54) is 24.3 Å². The van der Waals surface area contributed by atoms with E-state index in [0.717, 1.165) is 30.3 Å². The Morgan fingerprint density at radius 3 is 1.95 bits per heavy atom. The van der Waals surface area contributed by atoms with Gasteiger partial charge in [-0.25, -0.2) is 12.6 Å². The summed E-state index contributed by atoms with van der Waals surface area (Å²) in [6.07, 6.45) is 0. The third-order valence-corrected chi connectivity index (χ3v) is 11.9. The van der Waals surface area contributed by atoms with Crippen LogP contribution in [0, 0.1) is 0 Å². The minimum atomic E-state index is -5.36. The van der Waals surface area contributed by atoms with E-state index < -0.39 is 127 Å². The molecule has 0 spiro atoms. The van der Waals surface area contributed by atoms with Gasteiger partial charge in [0.2, 0.25) is 17.2 Å². The number of nitrogens with one attached hydrogen (secondary N) is 2. The first-order chi connectivity index (χ1) is 25.8. The minimum absolute atomic E-state index is 0.0263. The zero-order valence-electron chi connectivity index (χ0n) is 27.1. The molecule has 5 rings (SSSR count). The Hall–Kier alpha value is -5.01. The molecular weight excluding hydrogens is 874 g/mol. The predicted molar refractivity (Wildman–Crippen MR) is 193 cm³/mol. The summed E-state index contributed by atoms with van der Waals surface area (Å²) in [5.74, 6) is -3.01. The van der Waals surface area contributed by atoms with Gasteiger partial charge in [0.25, 0.3) is 30.4 Å².